The third kappa shape index (κ3) is 4.14. The number of nitrogens with zero attached hydrogens (tertiary/aromatic N) is 2. The van der Waals surface area contributed by atoms with E-state index in [0.717, 1.165) is 28.8 Å². The summed E-state index contributed by atoms with van der Waals surface area (Å²) in [5.41, 5.74) is 0.697. The van der Waals surface area contributed by atoms with Crippen LogP contribution in [0.15, 0.2) is 78.2 Å². The first-order chi connectivity index (χ1) is 16.1. The van der Waals surface area contributed by atoms with Gasteiger partial charge in [-0.25, -0.2) is 0 Å². The van der Waals surface area contributed by atoms with Crippen molar-refractivity contribution in [3.63, 3.8) is 0 Å². The van der Waals surface area contributed by atoms with E-state index in [2.05, 4.69) is 4.90 Å². The van der Waals surface area contributed by atoms with Crippen molar-refractivity contribution in [1.82, 2.24) is 9.80 Å². The molecule has 1 unspecified atom stereocenters. The van der Waals surface area contributed by atoms with E-state index in [1.807, 2.05) is 78.2 Å². The third-order valence-corrected chi connectivity index (χ3v) is 7.96. The van der Waals surface area contributed by atoms with E-state index in [1.165, 1.54) is 4.90 Å². The SMILES string of the molecule is O=C1CC(N2CCC(C(O)(c3ccccc3)c3ccccc3)CC2)C(=O)N1Cc1cccs1. The van der Waals surface area contributed by atoms with Crippen LogP contribution >= 0.6 is 11.3 Å². The summed E-state index contributed by atoms with van der Waals surface area (Å²) in [5.74, 6) is -0.160. The maximum Gasteiger partial charge on any atom is 0.247 e. The molecule has 0 aliphatic carbocycles. The summed E-state index contributed by atoms with van der Waals surface area (Å²) < 4.78 is 0. The molecule has 2 aromatic carbocycles. The van der Waals surface area contributed by atoms with Crippen LogP contribution in [0.2, 0.25) is 0 Å². The molecule has 2 amide bonds. The molecule has 170 valence electrons. The summed E-state index contributed by atoms with van der Waals surface area (Å²) in [6, 6.07) is 23.2. The standard InChI is InChI=1S/C27H28N2O3S/c30-25-18-24(26(31)29(25)19-23-12-7-17-33-23)28-15-13-22(14-16-28)27(32,20-8-3-1-4-9-20)21-10-5-2-6-11-21/h1-12,17,22,24,32H,13-16,18-19H2. The highest BCUT2D eigenvalue weighted by atomic mass is 32.1. The molecule has 2 saturated heterocycles. The molecular formula is C27H28N2O3S. The Hall–Kier alpha value is -2.80. The zero-order valence-electron chi connectivity index (χ0n) is 18.5. The Balaban J connectivity index is 1.32. The van der Waals surface area contributed by atoms with Gasteiger partial charge in [0.2, 0.25) is 11.8 Å². The van der Waals surface area contributed by atoms with Crippen molar-refractivity contribution in [3.8, 4) is 0 Å². The number of hydrogen-bond acceptors (Lipinski definition) is 5. The number of rotatable bonds is 6. The van der Waals surface area contributed by atoms with Crippen molar-refractivity contribution in [3.05, 3.63) is 94.2 Å². The van der Waals surface area contributed by atoms with Crippen LogP contribution in [0.1, 0.15) is 35.3 Å². The summed E-state index contributed by atoms with van der Waals surface area (Å²) in [7, 11) is 0. The van der Waals surface area contributed by atoms with Crippen LogP contribution in [0.5, 0.6) is 0 Å². The number of thiophene rings is 1. The Bertz CT molecular complexity index is 1050. The number of aliphatic hydroxyl groups is 1. The van der Waals surface area contributed by atoms with Crippen molar-refractivity contribution in [1.29, 1.82) is 0 Å². The minimum atomic E-state index is -1.09. The lowest BCUT2D eigenvalue weighted by molar-refractivity contribution is -0.140. The Morgan fingerprint density at radius 1 is 0.879 bits per heavy atom. The van der Waals surface area contributed by atoms with E-state index in [9.17, 15) is 14.7 Å². The molecule has 0 saturated carbocycles. The van der Waals surface area contributed by atoms with Gasteiger partial charge in [0.15, 0.2) is 0 Å². The second kappa shape index (κ2) is 9.21. The van der Waals surface area contributed by atoms with Crippen LogP contribution in [0.3, 0.4) is 0 Å². The monoisotopic (exact) mass is 460 g/mol. The van der Waals surface area contributed by atoms with Gasteiger partial charge in [-0.15, -0.1) is 11.3 Å². The molecule has 5 nitrogen and oxygen atoms in total. The normalized spacial score (nSPS) is 20.5. The first kappa shape index (κ1) is 22.0. The second-order valence-electron chi connectivity index (χ2n) is 8.93. The predicted molar refractivity (Wildman–Crippen MR) is 128 cm³/mol. The summed E-state index contributed by atoms with van der Waals surface area (Å²) in [6.45, 7) is 1.73. The minimum Gasteiger partial charge on any atom is -0.380 e. The van der Waals surface area contributed by atoms with E-state index >= 15 is 0 Å². The summed E-state index contributed by atoms with van der Waals surface area (Å²) in [4.78, 5) is 30.3. The van der Waals surface area contributed by atoms with E-state index in [1.54, 1.807) is 11.3 Å². The number of piperidine rings is 1. The highest BCUT2D eigenvalue weighted by Crippen LogP contribution is 2.42. The maximum atomic E-state index is 13.1. The Morgan fingerprint density at radius 3 is 2.03 bits per heavy atom. The predicted octanol–water partition coefficient (Wildman–Crippen LogP) is 4.02. The van der Waals surface area contributed by atoms with Gasteiger partial charge in [-0.3, -0.25) is 19.4 Å². The largest absolute Gasteiger partial charge is 0.380 e. The lowest BCUT2D eigenvalue weighted by Crippen LogP contribution is -2.49. The number of imide groups is 1. The van der Waals surface area contributed by atoms with Crippen molar-refractivity contribution < 1.29 is 14.7 Å². The van der Waals surface area contributed by atoms with Gasteiger partial charge in [-0.1, -0.05) is 66.7 Å². The smallest absolute Gasteiger partial charge is 0.247 e. The average Bonchev–Trinajstić information content (AvgIpc) is 3.49. The van der Waals surface area contributed by atoms with Crippen LogP contribution in [0.4, 0.5) is 0 Å². The maximum absolute atomic E-state index is 13.1. The molecule has 1 N–H and O–H groups in total. The van der Waals surface area contributed by atoms with E-state index in [-0.39, 0.29) is 30.2 Å². The molecule has 33 heavy (non-hydrogen) atoms. The van der Waals surface area contributed by atoms with Crippen LogP contribution in [0, 0.1) is 5.92 Å². The van der Waals surface area contributed by atoms with Crippen molar-refractivity contribution in [2.45, 2.75) is 37.5 Å². The molecule has 0 radical (unpaired) electrons. The number of likely N-dealkylation sites (tertiary alicyclic amines) is 2. The first-order valence-corrected chi connectivity index (χ1v) is 12.4. The number of amides is 2. The lowest BCUT2D eigenvalue weighted by atomic mass is 9.72. The Labute approximate surface area is 198 Å². The van der Waals surface area contributed by atoms with Gasteiger partial charge < -0.3 is 5.11 Å². The van der Waals surface area contributed by atoms with Gasteiger partial charge >= 0.3 is 0 Å². The fourth-order valence-electron chi connectivity index (χ4n) is 5.33. The molecule has 3 heterocycles. The molecule has 1 atom stereocenters. The zero-order chi connectivity index (χ0) is 22.8. The van der Waals surface area contributed by atoms with Gasteiger partial charge in [0.05, 0.1) is 19.0 Å². The molecule has 0 spiro atoms. The van der Waals surface area contributed by atoms with Gasteiger partial charge in [0, 0.05) is 4.88 Å². The summed E-state index contributed by atoms with van der Waals surface area (Å²) in [6.07, 6.45) is 1.75. The zero-order valence-corrected chi connectivity index (χ0v) is 19.3. The Kier molecular flexibility index (Phi) is 6.15. The molecule has 2 fully saturated rings. The summed E-state index contributed by atoms with van der Waals surface area (Å²) >= 11 is 1.56. The topological polar surface area (TPSA) is 60.9 Å². The highest BCUT2D eigenvalue weighted by Gasteiger charge is 2.46. The van der Waals surface area contributed by atoms with Gasteiger partial charge in [-0.05, 0) is 54.4 Å². The second-order valence-corrected chi connectivity index (χ2v) is 9.96. The first-order valence-electron chi connectivity index (χ1n) is 11.5. The fourth-order valence-corrected chi connectivity index (χ4v) is 6.02. The van der Waals surface area contributed by atoms with E-state index in [4.69, 9.17) is 0 Å². The molecule has 6 heteroatoms. The quantitative estimate of drug-likeness (QED) is 0.565. The van der Waals surface area contributed by atoms with Gasteiger partial charge in [-0.2, -0.15) is 0 Å². The van der Waals surface area contributed by atoms with Gasteiger partial charge in [0.1, 0.15) is 5.60 Å². The van der Waals surface area contributed by atoms with Crippen LogP contribution in [-0.4, -0.2) is 45.9 Å². The van der Waals surface area contributed by atoms with Crippen LogP contribution in [-0.2, 0) is 21.7 Å². The average molecular weight is 461 g/mol. The summed E-state index contributed by atoms with van der Waals surface area (Å²) in [5, 5.41) is 14.0. The highest BCUT2D eigenvalue weighted by molar-refractivity contribution is 7.09. The molecule has 5 rings (SSSR count). The molecular weight excluding hydrogens is 432 g/mol. The van der Waals surface area contributed by atoms with E-state index < -0.39 is 5.60 Å². The van der Waals surface area contributed by atoms with Crippen molar-refractivity contribution in [2.75, 3.05) is 13.1 Å². The minimum absolute atomic E-state index is 0.0213. The number of hydrogen-bond donors (Lipinski definition) is 1. The van der Waals surface area contributed by atoms with Crippen LogP contribution in [0.25, 0.3) is 0 Å². The van der Waals surface area contributed by atoms with Crippen molar-refractivity contribution in [2.24, 2.45) is 5.92 Å². The van der Waals surface area contributed by atoms with Crippen molar-refractivity contribution >= 4 is 23.2 Å². The third-order valence-electron chi connectivity index (χ3n) is 7.10. The van der Waals surface area contributed by atoms with Gasteiger partial charge in [0.25, 0.3) is 0 Å². The molecule has 3 aromatic rings. The fraction of sp³-hybridized carbons (Fsp3) is 0.333. The number of benzene rings is 2. The molecule has 2 aliphatic rings. The molecule has 0 bridgehead atoms. The van der Waals surface area contributed by atoms with Crippen LogP contribution < -0.4 is 0 Å². The number of carbonyl (C=O) groups is 2. The molecule has 1 aromatic heterocycles. The Morgan fingerprint density at radius 2 is 1.48 bits per heavy atom. The molecule has 2 aliphatic heterocycles. The lowest BCUT2D eigenvalue weighted by Gasteiger charge is -2.43. The number of carbonyl (C=O) groups excluding carboxylic acids is 2. The van der Waals surface area contributed by atoms with E-state index in [0.29, 0.717) is 19.6 Å².